The topological polar surface area (TPSA) is 56.8 Å². The van der Waals surface area contributed by atoms with Crippen LogP contribution in [-0.4, -0.2) is 39.4 Å². The summed E-state index contributed by atoms with van der Waals surface area (Å²) in [5, 5.41) is 2.89. The standard InChI is InChI=1S/C13H17NO4/c1-16-11-4-3-9(12(6-11)17-2)5-13(15)14-10-7-18-8-10/h3-4,6,10H,5,7-8H2,1-2H3,(H,14,15). The van der Waals surface area contributed by atoms with Gasteiger partial charge in [0.25, 0.3) is 0 Å². The molecule has 1 fully saturated rings. The lowest BCUT2D eigenvalue weighted by molar-refractivity contribution is -0.124. The molecule has 1 saturated heterocycles. The third-order valence-corrected chi connectivity index (χ3v) is 2.85. The predicted molar refractivity (Wildman–Crippen MR) is 66.0 cm³/mol. The molecule has 0 bridgehead atoms. The molecule has 0 atom stereocenters. The van der Waals surface area contributed by atoms with Crippen LogP contribution in [-0.2, 0) is 16.0 Å². The molecule has 1 aromatic rings. The van der Waals surface area contributed by atoms with Crippen molar-refractivity contribution >= 4 is 5.91 Å². The van der Waals surface area contributed by atoms with Crippen LogP contribution in [0.5, 0.6) is 11.5 Å². The first-order chi connectivity index (χ1) is 8.72. The first-order valence-electron chi connectivity index (χ1n) is 5.81. The fraction of sp³-hybridized carbons (Fsp3) is 0.462. The minimum absolute atomic E-state index is 0.0215. The summed E-state index contributed by atoms with van der Waals surface area (Å²) in [5.74, 6) is 1.35. The zero-order valence-electron chi connectivity index (χ0n) is 10.6. The summed E-state index contributed by atoms with van der Waals surface area (Å²) in [7, 11) is 3.17. The summed E-state index contributed by atoms with van der Waals surface area (Å²) in [5.41, 5.74) is 0.844. The molecule has 0 aliphatic carbocycles. The molecule has 0 radical (unpaired) electrons. The summed E-state index contributed by atoms with van der Waals surface area (Å²) in [4.78, 5) is 11.8. The monoisotopic (exact) mass is 251 g/mol. The number of benzene rings is 1. The Balaban J connectivity index is 2.00. The van der Waals surface area contributed by atoms with Crippen molar-refractivity contribution in [1.82, 2.24) is 5.32 Å². The second-order valence-electron chi connectivity index (χ2n) is 4.16. The molecule has 5 nitrogen and oxygen atoms in total. The van der Waals surface area contributed by atoms with Crippen LogP contribution in [0.3, 0.4) is 0 Å². The van der Waals surface area contributed by atoms with Crippen LogP contribution in [0.2, 0.25) is 0 Å². The van der Waals surface area contributed by atoms with E-state index in [9.17, 15) is 4.79 Å². The average Bonchev–Trinajstić information content (AvgIpc) is 2.34. The van der Waals surface area contributed by atoms with Gasteiger partial charge in [-0.3, -0.25) is 4.79 Å². The largest absolute Gasteiger partial charge is 0.497 e. The number of carbonyl (C=O) groups is 1. The molecule has 1 N–H and O–H groups in total. The van der Waals surface area contributed by atoms with Gasteiger partial charge in [-0.25, -0.2) is 0 Å². The Morgan fingerprint density at radius 1 is 1.39 bits per heavy atom. The molecule has 5 heteroatoms. The molecule has 0 spiro atoms. The van der Waals surface area contributed by atoms with Gasteiger partial charge in [-0.2, -0.15) is 0 Å². The number of hydrogen-bond acceptors (Lipinski definition) is 4. The maximum absolute atomic E-state index is 11.8. The average molecular weight is 251 g/mol. The van der Waals surface area contributed by atoms with Gasteiger partial charge in [-0.1, -0.05) is 6.07 Å². The highest BCUT2D eigenvalue weighted by molar-refractivity contribution is 5.79. The Bertz CT molecular complexity index is 429. The molecule has 0 unspecified atom stereocenters. The van der Waals surface area contributed by atoms with E-state index in [1.54, 1.807) is 20.3 Å². The number of carbonyl (C=O) groups excluding carboxylic acids is 1. The third kappa shape index (κ3) is 2.92. The van der Waals surface area contributed by atoms with Gasteiger partial charge in [0, 0.05) is 11.6 Å². The fourth-order valence-electron chi connectivity index (χ4n) is 1.77. The van der Waals surface area contributed by atoms with E-state index >= 15 is 0 Å². The van der Waals surface area contributed by atoms with E-state index in [0.717, 1.165) is 5.56 Å². The first kappa shape index (κ1) is 12.7. The molecule has 18 heavy (non-hydrogen) atoms. The molecule has 1 aliphatic heterocycles. The van der Waals surface area contributed by atoms with Gasteiger partial charge in [0.15, 0.2) is 0 Å². The number of methoxy groups -OCH3 is 2. The van der Waals surface area contributed by atoms with Crippen LogP contribution in [0.4, 0.5) is 0 Å². The van der Waals surface area contributed by atoms with E-state index in [0.29, 0.717) is 31.1 Å². The minimum Gasteiger partial charge on any atom is -0.497 e. The Morgan fingerprint density at radius 2 is 2.17 bits per heavy atom. The number of rotatable bonds is 5. The van der Waals surface area contributed by atoms with Crippen molar-refractivity contribution in [3.05, 3.63) is 23.8 Å². The Labute approximate surface area is 106 Å². The van der Waals surface area contributed by atoms with Crippen molar-refractivity contribution in [2.75, 3.05) is 27.4 Å². The van der Waals surface area contributed by atoms with Crippen molar-refractivity contribution in [3.63, 3.8) is 0 Å². The summed E-state index contributed by atoms with van der Waals surface area (Å²) in [6, 6.07) is 5.59. The van der Waals surface area contributed by atoms with Crippen LogP contribution in [0, 0.1) is 0 Å². The van der Waals surface area contributed by atoms with E-state index in [-0.39, 0.29) is 11.9 Å². The maximum atomic E-state index is 11.8. The van der Waals surface area contributed by atoms with Crippen LogP contribution in [0.15, 0.2) is 18.2 Å². The third-order valence-electron chi connectivity index (χ3n) is 2.85. The lowest BCUT2D eigenvalue weighted by Gasteiger charge is -2.26. The predicted octanol–water partition coefficient (Wildman–Crippen LogP) is 0.761. The normalized spacial score (nSPS) is 14.8. The Morgan fingerprint density at radius 3 is 2.72 bits per heavy atom. The van der Waals surface area contributed by atoms with Crippen LogP contribution >= 0.6 is 0 Å². The number of hydrogen-bond donors (Lipinski definition) is 1. The van der Waals surface area contributed by atoms with Crippen LogP contribution < -0.4 is 14.8 Å². The lowest BCUT2D eigenvalue weighted by Crippen LogP contribution is -2.49. The molecule has 1 amide bonds. The van der Waals surface area contributed by atoms with Crippen molar-refractivity contribution in [2.24, 2.45) is 0 Å². The maximum Gasteiger partial charge on any atom is 0.224 e. The van der Waals surface area contributed by atoms with Gasteiger partial charge in [-0.15, -0.1) is 0 Å². The highest BCUT2D eigenvalue weighted by Gasteiger charge is 2.20. The van der Waals surface area contributed by atoms with Crippen LogP contribution in [0.25, 0.3) is 0 Å². The Hall–Kier alpha value is -1.75. The molecule has 1 aliphatic rings. The van der Waals surface area contributed by atoms with E-state index < -0.39 is 0 Å². The van der Waals surface area contributed by atoms with Crippen molar-refractivity contribution in [3.8, 4) is 11.5 Å². The van der Waals surface area contributed by atoms with Crippen molar-refractivity contribution < 1.29 is 19.0 Å². The van der Waals surface area contributed by atoms with Gasteiger partial charge < -0.3 is 19.5 Å². The summed E-state index contributed by atoms with van der Waals surface area (Å²) < 4.78 is 15.4. The second kappa shape index (κ2) is 5.73. The highest BCUT2D eigenvalue weighted by Crippen LogP contribution is 2.24. The van der Waals surface area contributed by atoms with Gasteiger partial charge in [-0.05, 0) is 6.07 Å². The summed E-state index contributed by atoms with van der Waals surface area (Å²) in [6.07, 6.45) is 0.295. The molecule has 0 aromatic heterocycles. The highest BCUT2D eigenvalue weighted by atomic mass is 16.5. The number of nitrogens with one attached hydrogen (secondary N) is 1. The molecule has 1 heterocycles. The van der Waals surface area contributed by atoms with Crippen molar-refractivity contribution in [1.29, 1.82) is 0 Å². The van der Waals surface area contributed by atoms with E-state index in [1.807, 2.05) is 12.1 Å². The molecule has 2 rings (SSSR count). The number of ether oxygens (including phenoxy) is 3. The van der Waals surface area contributed by atoms with Crippen molar-refractivity contribution in [2.45, 2.75) is 12.5 Å². The molecular weight excluding hydrogens is 234 g/mol. The summed E-state index contributed by atoms with van der Waals surface area (Å²) >= 11 is 0. The second-order valence-corrected chi connectivity index (χ2v) is 4.16. The van der Waals surface area contributed by atoms with E-state index in [4.69, 9.17) is 14.2 Å². The first-order valence-corrected chi connectivity index (χ1v) is 5.81. The van der Waals surface area contributed by atoms with Gasteiger partial charge in [0.2, 0.25) is 5.91 Å². The Kier molecular flexibility index (Phi) is 4.04. The molecule has 0 saturated carbocycles. The van der Waals surface area contributed by atoms with E-state index in [1.165, 1.54) is 0 Å². The lowest BCUT2D eigenvalue weighted by atomic mass is 10.1. The van der Waals surface area contributed by atoms with Gasteiger partial charge in [0.05, 0.1) is 39.9 Å². The zero-order chi connectivity index (χ0) is 13.0. The molecular formula is C13H17NO4. The summed E-state index contributed by atoms with van der Waals surface area (Å²) in [6.45, 7) is 1.21. The molecule has 98 valence electrons. The quantitative estimate of drug-likeness (QED) is 0.839. The zero-order valence-corrected chi connectivity index (χ0v) is 10.6. The number of amides is 1. The van der Waals surface area contributed by atoms with Crippen LogP contribution in [0.1, 0.15) is 5.56 Å². The smallest absolute Gasteiger partial charge is 0.224 e. The fourth-order valence-corrected chi connectivity index (χ4v) is 1.77. The van der Waals surface area contributed by atoms with Gasteiger partial charge >= 0.3 is 0 Å². The molecule has 1 aromatic carbocycles. The minimum atomic E-state index is -0.0215. The SMILES string of the molecule is COc1ccc(CC(=O)NC2COC2)c(OC)c1. The van der Waals surface area contributed by atoms with Gasteiger partial charge in [0.1, 0.15) is 11.5 Å². The van der Waals surface area contributed by atoms with E-state index in [2.05, 4.69) is 5.32 Å².